The van der Waals surface area contributed by atoms with Gasteiger partial charge >= 0.3 is 5.97 Å². The minimum Gasteiger partial charge on any atom is -0.480 e. The lowest BCUT2D eigenvalue weighted by molar-refractivity contribution is -0.138. The van der Waals surface area contributed by atoms with Crippen LogP contribution in [0, 0.1) is 6.92 Å². The maximum Gasteiger partial charge on any atom is 0.317 e. The fraction of sp³-hybridized carbons (Fsp3) is 0.286. The lowest BCUT2D eigenvalue weighted by Gasteiger charge is -2.10. The fourth-order valence-corrected chi connectivity index (χ4v) is 1.77. The number of hydrogen-bond acceptors (Lipinski definition) is 4. The van der Waals surface area contributed by atoms with Crippen LogP contribution in [0.5, 0.6) is 0 Å². The molecule has 2 aromatic rings. The average Bonchev–Trinajstić information content (AvgIpc) is 2.77. The summed E-state index contributed by atoms with van der Waals surface area (Å²) in [5.41, 5.74) is 2.81. The molecule has 1 heterocycles. The van der Waals surface area contributed by atoms with E-state index in [1.807, 2.05) is 31.2 Å². The molecule has 1 N–H and O–H groups in total. The van der Waals surface area contributed by atoms with Crippen LogP contribution in [0.25, 0.3) is 11.5 Å². The lowest BCUT2D eigenvalue weighted by atomic mass is 10.1. The van der Waals surface area contributed by atoms with Gasteiger partial charge in [-0.05, 0) is 26.1 Å². The van der Waals surface area contributed by atoms with E-state index < -0.39 is 5.97 Å². The molecule has 0 radical (unpaired) electrons. The number of aliphatic carboxylic acids is 1. The fourth-order valence-electron chi connectivity index (χ4n) is 1.77. The zero-order valence-corrected chi connectivity index (χ0v) is 11.0. The van der Waals surface area contributed by atoms with E-state index >= 15 is 0 Å². The van der Waals surface area contributed by atoms with Crippen molar-refractivity contribution in [1.29, 1.82) is 0 Å². The van der Waals surface area contributed by atoms with Gasteiger partial charge in [0.1, 0.15) is 6.26 Å². The molecule has 0 aliphatic rings. The molecule has 0 saturated carbocycles. The number of carboxylic acid groups (broad SMARTS) is 1. The first kappa shape index (κ1) is 13.3. The molecule has 0 atom stereocenters. The highest BCUT2D eigenvalue weighted by atomic mass is 16.4. The molecule has 19 heavy (non-hydrogen) atoms. The number of carboxylic acids is 1. The summed E-state index contributed by atoms with van der Waals surface area (Å²) < 4.78 is 5.41. The van der Waals surface area contributed by atoms with Gasteiger partial charge in [0.2, 0.25) is 5.89 Å². The summed E-state index contributed by atoms with van der Waals surface area (Å²) in [7, 11) is 1.73. The first-order valence-corrected chi connectivity index (χ1v) is 5.96. The Morgan fingerprint density at radius 1 is 1.37 bits per heavy atom. The maximum absolute atomic E-state index is 10.6. The number of aromatic nitrogens is 1. The van der Waals surface area contributed by atoms with Crippen molar-refractivity contribution in [2.45, 2.75) is 13.5 Å². The average molecular weight is 260 g/mol. The van der Waals surface area contributed by atoms with E-state index in [1.54, 1.807) is 18.2 Å². The van der Waals surface area contributed by atoms with Gasteiger partial charge in [0.05, 0.1) is 12.2 Å². The quantitative estimate of drug-likeness (QED) is 0.892. The molecule has 5 nitrogen and oxygen atoms in total. The van der Waals surface area contributed by atoms with Crippen LogP contribution in [0.4, 0.5) is 0 Å². The molecule has 0 amide bonds. The highest BCUT2D eigenvalue weighted by Gasteiger charge is 2.10. The van der Waals surface area contributed by atoms with E-state index in [1.165, 1.54) is 5.56 Å². The minimum absolute atomic E-state index is 0.0211. The summed E-state index contributed by atoms with van der Waals surface area (Å²) in [4.78, 5) is 16.6. The third kappa shape index (κ3) is 3.66. The third-order valence-corrected chi connectivity index (χ3v) is 2.69. The minimum atomic E-state index is -0.857. The molecule has 0 bridgehead atoms. The van der Waals surface area contributed by atoms with Crippen LogP contribution in [0.15, 0.2) is 34.9 Å². The van der Waals surface area contributed by atoms with E-state index in [0.29, 0.717) is 12.4 Å². The molecule has 100 valence electrons. The molecular weight excluding hydrogens is 244 g/mol. The molecule has 0 unspecified atom stereocenters. The second-order valence-corrected chi connectivity index (χ2v) is 4.58. The molecule has 0 saturated heterocycles. The predicted molar refractivity (Wildman–Crippen MR) is 70.6 cm³/mol. The molecule has 0 aliphatic carbocycles. The van der Waals surface area contributed by atoms with Crippen molar-refractivity contribution in [3.8, 4) is 11.5 Å². The van der Waals surface area contributed by atoms with Gasteiger partial charge in [0.25, 0.3) is 0 Å². The number of rotatable bonds is 5. The van der Waals surface area contributed by atoms with Crippen molar-refractivity contribution in [3.63, 3.8) is 0 Å². The van der Waals surface area contributed by atoms with Crippen LogP contribution in [0.3, 0.4) is 0 Å². The number of likely N-dealkylation sites (N-methyl/N-ethyl adjacent to an activating group) is 1. The monoisotopic (exact) mass is 260 g/mol. The van der Waals surface area contributed by atoms with Crippen LogP contribution < -0.4 is 0 Å². The van der Waals surface area contributed by atoms with Crippen LogP contribution in [-0.4, -0.2) is 34.6 Å². The van der Waals surface area contributed by atoms with Gasteiger partial charge < -0.3 is 9.52 Å². The van der Waals surface area contributed by atoms with Gasteiger partial charge in [-0.2, -0.15) is 0 Å². The van der Waals surface area contributed by atoms with Crippen molar-refractivity contribution < 1.29 is 14.3 Å². The topological polar surface area (TPSA) is 66.6 Å². The Kier molecular flexibility index (Phi) is 3.97. The number of benzene rings is 1. The van der Waals surface area contributed by atoms with Crippen molar-refractivity contribution in [3.05, 3.63) is 41.8 Å². The lowest BCUT2D eigenvalue weighted by Crippen LogP contribution is -2.25. The molecular formula is C14H16N2O3. The molecule has 0 spiro atoms. The van der Waals surface area contributed by atoms with Crippen molar-refractivity contribution in [1.82, 2.24) is 9.88 Å². The smallest absolute Gasteiger partial charge is 0.317 e. The van der Waals surface area contributed by atoms with E-state index in [-0.39, 0.29) is 6.54 Å². The SMILES string of the molecule is Cc1ccc(-c2nc(CN(C)CC(=O)O)co2)cc1. The number of oxazole rings is 1. The summed E-state index contributed by atoms with van der Waals surface area (Å²) in [5, 5.41) is 8.69. The van der Waals surface area contributed by atoms with Gasteiger partial charge in [-0.15, -0.1) is 0 Å². The van der Waals surface area contributed by atoms with Crippen LogP contribution in [0.2, 0.25) is 0 Å². The number of carbonyl (C=O) groups is 1. The Balaban J connectivity index is 2.06. The third-order valence-electron chi connectivity index (χ3n) is 2.69. The summed E-state index contributed by atoms with van der Waals surface area (Å²) in [5.74, 6) is -0.302. The Morgan fingerprint density at radius 2 is 2.05 bits per heavy atom. The van der Waals surface area contributed by atoms with E-state index in [4.69, 9.17) is 9.52 Å². The molecule has 2 rings (SSSR count). The molecule has 1 aromatic heterocycles. The number of aryl methyl sites for hydroxylation is 1. The Bertz CT molecular complexity index is 560. The van der Waals surface area contributed by atoms with Crippen LogP contribution in [-0.2, 0) is 11.3 Å². The van der Waals surface area contributed by atoms with Gasteiger partial charge in [0.15, 0.2) is 0 Å². The van der Waals surface area contributed by atoms with Crippen LogP contribution >= 0.6 is 0 Å². The molecule has 5 heteroatoms. The largest absolute Gasteiger partial charge is 0.480 e. The zero-order chi connectivity index (χ0) is 13.8. The zero-order valence-electron chi connectivity index (χ0n) is 11.0. The molecule has 0 fully saturated rings. The maximum atomic E-state index is 10.6. The van der Waals surface area contributed by atoms with Crippen LogP contribution in [0.1, 0.15) is 11.3 Å². The van der Waals surface area contributed by atoms with Gasteiger partial charge in [0, 0.05) is 12.1 Å². The summed E-state index contributed by atoms with van der Waals surface area (Å²) in [6.45, 7) is 2.44. The van der Waals surface area contributed by atoms with Gasteiger partial charge in [-0.3, -0.25) is 9.69 Å². The van der Waals surface area contributed by atoms with Gasteiger partial charge in [-0.25, -0.2) is 4.98 Å². The highest BCUT2D eigenvalue weighted by Crippen LogP contribution is 2.19. The predicted octanol–water partition coefficient (Wildman–Crippen LogP) is 2.17. The highest BCUT2D eigenvalue weighted by molar-refractivity contribution is 5.69. The van der Waals surface area contributed by atoms with E-state index in [9.17, 15) is 4.79 Å². The first-order chi connectivity index (χ1) is 9.04. The second kappa shape index (κ2) is 5.67. The molecule has 1 aromatic carbocycles. The Hall–Kier alpha value is -2.14. The number of hydrogen-bond donors (Lipinski definition) is 1. The van der Waals surface area contributed by atoms with Crippen molar-refractivity contribution in [2.75, 3.05) is 13.6 Å². The van der Waals surface area contributed by atoms with E-state index in [0.717, 1.165) is 11.3 Å². The Labute approximate surface area is 111 Å². The molecule has 0 aliphatic heterocycles. The van der Waals surface area contributed by atoms with E-state index in [2.05, 4.69) is 4.98 Å². The summed E-state index contributed by atoms with van der Waals surface area (Å²) in [6, 6.07) is 7.89. The first-order valence-electron chi connectivity index (χ1n) is 5.96. The van der Waals surface area contributed by atoms with Gasteiger partial charge in [-0.1, -0.05) is 17.7 Å². The number of nitrogens with zero attached hydrogens (tertiary/aromatic N) is 2. The summed E-state index contributed by atoms with van der Waals surface area (Å²) >= 11 is 0. The normalized spacial score (nSPS) is 10.9. The standard InChI is InChI=1S/C14H16N2O3/c1-10-3-5-11(6-4-10)14-15-12(9-19-14)7-16(2)8-13(17)18/h3-6,9H,7-8H2,1-2H3,(H,17,18). The Morgan fingerprint density at radius 3 is 2.68 bits per heavy atom. The summed E-state index contributed by atoms with van der Waals surface area (Å²) in [6.07, 6.45) is 1.56. The van der Waals surface area contributed by atoms with Crippen molar-refractivity contribution >= 4 is 5.97 Å². The second-order valence-electron chi connectivity index (χ2n) is 4.58. The van der Waals surface area contributed by atoms with Crippen molar-refractivity contribution in [2.24, 2.45) is 0 Å².